The number of amides is 1. The van der Waals surface area contributed by atoms with Crippen LogP contribution in [-0.4, -0.2) is 34.3 Å². The van der Waals surface area contributed by atoms with E-state index in [9.17, 15) is 9.59 Å². The lowest BCUT2D eigenvalue weighted by Crippen LogP contribution is -2.35. The molecule has 6 nitrogen and oxygen atoms in total. The second-order valence-electron chi connectivity index (χ2n) is 4.58. The third-order valence-electron chi connectivity index (χ3n) is 2.95. The number of hydrogen-bond donors (Lipinski definition) is 1. The summed E-state index contributed by atoms with van der Waals surface area (Å²) in [6.45, 7) is 5.36. The summed E-state index contributed by atoms with van der Waals surface area (Å²) < 4.78 is 6.80. The summed E-state index contributed by atoms with van der Waals surface area (Å²) >= 11 is 0. The van der Waals surface area contributed by atoms with Crippen LogP contribution in [0.15, 0.2) is 55.4 Å². The minimum Gasteiger partial charge on any atom is -0.449 e. The van der Waals surface area contributed by atoms with Gasteiger partial charge in [0.1, 0.15) is 0 Å². The number of ether oxygens (including phenoxy) is 1. The number of rotatable bonds is 6. The van der Waals surface area contributed by atoms with E-state index >= 15 is 0 Å². The molecule has 1 aromatic heterocycles. The third-order valence-corrected chi connectivity index (χ3v) is 2.95. The predicted molar refractivity (Wildman–Crippen MR) is 81.6 cm³/mol. The molecule has 0 aliphatic heterocycles. The van der Waals surface area contributed by atoms with Crippen molar-refractivity contribution in [3.05, 3.63) is 60.9 Å². The molecule has 0 radical (unpaired) electrons. The molecule has 0 aliphatic rings. The van der Waals surface area contributed by atoms with Gasteiger partial charge in [0, 0.05) is 18.9 Å². The summed E-state index contributed by atoms with van der Waals surface area (Å²) in [7, 11) is 0. The largest absolute Gasteiger partial charge is 0.449 e. The SMILES string of the molecule is C=CCNC(=O)[C@@H](C)OC(=O)c1ccc(-n2cccn2)cc1. The van der Waals surface area contributed by atoms with Gasteiger partial charge in [-0.3, -0.25) is 4.79 Å². The number of nitrogens with one attached hydrogen (secondary N) is 1. The minimum atomic E-state index is -0.863. The molecule has 0 spiro atoms. The summed E-state index contributed by atoms with van der Waals surface area (Å²) in [5, 5.41) is 6.67. The number of carbonyl (C=O) groups is 2. The van der Waals surface area contributed by atoms with E-state index in [1.54, 1.807) is 47.4 Å². The van der Waals surface area contributed by atoms with Crippen molar-refractivity contribution in [3.63, 3.8) is 0 Å². The molecule has 1 N–H and O–H groups in total. The highest BCUT2D eigenvalue weighted by atomic mass is 16.5. The maximum Gasteiger partial charge on any atom is 0.338 e. The van der Waals surface area contributed by atoms with Gasteiger partial charge in [0.2, 0.25) is 0 Å². The highest BCUT2D eigenvalue weighted by molar-refractivity contribution is 5.92. The molecule has 1 amide bonds. The molecule has 2 rings (SSSR count). The molecule has 0 bridgehead atoms. The average molecular weight is 299 g/mol. The van der Waals surface area contributed by atoms with Crippen LogP contribution in [0.25, 0.3) is 5.69 Å². The fraction of sp³-hybridized carbons (Fsp3) is 0.188. The van der Waals surface area contributed by atoms with E-state index in [1.807, 2.05) is 6.07 Å². The Morgan fingerprint density at radius 1 is 1.41 bits per heavy atom. The fourth-order valence-corrected chi connectivity index (χ4v) is 1.77. The Morgan fingerprint density at radius 3 is 2.73 bits per heavy atom. The van der Waals surface area contributed by atoms with Crippen molar-refractivity contribution in [2.45, 2.75) is 13.0 Å². The van der Waals surface area contributed by atoms with Crippen LogP contribution in [0, 0.1) is 0 Å². The first-order chi connectivity index (χ1) is 10.6. The normalized spacial score (nSPS) is 11.5. The summed E-state index contributed by atoms with van der Waals surface area (Å²) in [5.74, 6) is -0.908. The van der Waals surface area contributed by atoms with Crippen LogP contribution in [0.3, 0.4) is 0 Å². The van der Waals surface area contributed by atoms with Crippen LogP contribution >= 0.6 is 0 Å². The van der Waals surface area contributed by atoms with Crippen molar-refractivity contribution < 1.29 is 14.3 Å². The molecule has 1 heterocycles. The molecule has 1 aromatic carbocycles. The highest BCUT2D eigenvalue weighted by Crippen LogP contribution is 2.10. The maximum atomic E-state index is 12.0. The van der Waals surface area contributed by atoms with Gasteiger partial charge in [0.25, 0.3) is 5.91 Å². The van der Waals surface area contributed by atoms with E-state index in [0.717, 1.165) is 5.69 Å². The molecule has 0 fully saturated rings. The van der Waals surface area contributed by atoms with Crippen LogP contribution in [0.5, 0.6) is 0 Å². The molecule has 0 saturated heterocycles. The lowest BCUT2D eigenvalue weighted by atomic mass is 10.2. The molecule has 0 unspecified atom stereocenters. The van der Waals surface area contributed by atoms with E-state index in [1.165, 1.54) is 6.92 Å². The molecule has 114 valence electrons. The monoisotopic (exact) mass is 299 g/mol. The van der Waals surface area contributed by atoms with Crippen molar-refractivity contribution in [1.29, 1.82) is 0 Å². The van der Waals surface area contributed by atoms with Gasteiger partial charge in [-0.05, 0) is 37.3 Å². The molecule has 22 heavy (non-hydrogen) atoms. The minimum absolute atomic E-state index is 0.333. The van der Waals surface area contributed by atoms with E-state index in [4.69, 9.17) is 4.74 Å². The molecular formula is C16H17N3O3. The zero-order valence-electron chi connectivity index (χ0n) is 12.2. The van der Waals surface area contributed by atoms with Gasteiger partial charge in [-0.1, -0.05) is 6.08 Å². The molecule has 0 aliphatic carbocycles. The van der Waals surface area contributed by atoms with Gasteiger partial charge in [-0.15, -0.1) is 6.58 Å². The van der Waals surface area contributed by atoms with Crippen molar-refractivity contribution in [2.75, 3.05) is 6.54 Å². The Hall–Kier alpha value is -2.89. The molecular weight excluding hydrogens is 282 g/mol. The van der Waals surface area contributed by atoms with Crippen LogP contribution in [0.1, 0.15) is 17.3 Å². The number of esters is 1. The quantitative estimate of drug-likeness (QED) is 0.651. The molecule has 1 atom stereocenters. The first kappa shape index (κ1) is 15.5. The standard InChI is InChI=1S/C16H17N3O3/c1-3-9-17-15(20)12(2)22-16(21)13-5-7-14(8-6-13)19-11-4-10-18-19/h3-8,10-12H,1,9H2,2H3,(H,17,20)/t12-/m1/s1. The van der Waals surface area contributed by atoms with E-state index < -0.39 is 12.1 Å². The lowest BCUT2D eigenvalue weighted by molar-refractivity contribution is -0.128. The van der Waals surface area contributed by atoms with Crippen molar-refractivity contribution in [3.8, 4) is 5.69 Å². The Balaban J connectivity index is 1.98. The first-order valence-electron chi connectivity index (χ1n) is 6.81. The smallest absolute Gasteiger partial charge is 0.338 e. The molecule has 6 heteroatoms. The van der Waals surface area contributed by atoms with Crippen molar-refractivity contribution in [1.82, 2.24) is 15.1 Å². The predicted octanol–water partition coefficient (Wildman–Crippen LogP) is 1.72. The lowest BCUT2D eigenvalue weighted by Gasteiger charge is -2.13. The van der Waals surface area contributed by atoms with Crippen molar-refractivity contribution in [2.24, 2.45) is 0 Å². The molecule has 2 aromatic rings. The molecule has 0 saturated carbocycles. The summed E-state index contributed by atoms with van der Waals surface area (Å²) in [5.41, 5.74) is 1.21. The summed E-state index contributed by atoms with van der Waals surface area (Å²) in [6, 6.07) is 8.59. The average Bonchev–Trinajstić information content (AvgIpc) is 3.07. The van der Waals surface area contributed by atoms with Crippen LogP contribution in [-0.2, 0) is 9.53 Å². The van der Waals surface area contributed by atoms with Crippen LogP contribution < -0.4 is 5.32 Å². The summed E-state index contributed by atoms with van der Waals surface area (Å²) in [4.78, 5) is 23.6. The van der Waals surface area contributed by atoms with Gasteiger partial charge in [0.15, 0.2) is 6.10 Å². The number of benzene rings is 1. The van der Waals surface area contributed by atoms with Crippen LogP contribution in [0.4, 0.5) is 0 Å². The Kier molecular flexibility index (Phi) is 5.08. The van der Waals surface area contributed by atoms with Gasteiger partial charge in [0.05, 0.1) is 11.3 Å². The third kappa shape index (κ3) is 3.82. The van der Waals surface area contributed by atoms with Gasteiger partial charge in [-0.2, -0.15) is 5.10 Å². The second-order valence-corrected chi connectivity index (χ2v) is 4.58. The van der Waals surface area contributed by atoms with Crippen molar-refractivity contribution >= 4 is 11.9 Å². The van der Waals surface area contributed by atoms with Gasteiger partial charge in [-0.25, -0.2) is 9.48 Å². The van der Waals surface area contributed by atoms with Gasteiger partial charge >= 0.3 is 5.97 Å². The highest BCUT2D eigenvalue weighted by Gasteiger charge is 2.18. The number of aromatic nitrogens is 2. The number of carbonyl (C=O) groups excluding carboxylic acids is 2. The number of nitrogens with zero attached hydrogens (tertiary/aromatic N) is 2. The zero-order valence-corrected chi connectivity index (χ0v) is 12.2. The zero-order chi connectivity index (χ0) is 15.9. The van der Waals surface area contributed by atoms with E-state index in [-0.39, 0.29) is 5.91 Å². The summed E-state index contributed by atoms with van der Waals surface area (Å²) in [6.07, 6.45) is 4.17. The Morgan fingerprint density at radius 2 is 2.14 bits per heavy atom. The maximum absolute atomic E-state index is 12.0. The van der Waals surface area contributed by atoms with E-state index in [2.05, 4.69) is 17.0 Å². The topological polar surface area (TPSA) is 73.2 Å². The first-order valence-corrected chi connectivity index (χ1v) is 6.81. The number of hydrogen-bond acceptors (Lipinski definition) is 4. The Labute approximate surface area is 128 Å². The van der Waals surface area contributed by atoms with E-state index in [0.29, 0.717) is 12.1 Å². The second kappa shape index (κ2) is 7.21. The fourth-order valence-electron chi connectivity index (χ4n) is 1.77. The Bertz CT molecular complexity index is 648. The van der Waals surface area contributed by atoms with Gasteiger partial charge < -0.3 is 10.1 Å². The van der Waals surface area contributed by atoms with Crippen LogP contribution in [0.2, 0.25) is 0 Å².